The largest absolute Gasteiger partial charge is 0.352 e. The van der Waals surface area contributed by atoms with E-state index in [1.807, 2.05) is 0 Å². The zero-order chi connectivity index (χ0) is 14.5. The summed E-state index contributed by atoms with van der Waals surface area (Å²) in [5.41, 5.74) is 1.23. The summed E-state index contributed by atoms with van der Waals surface area (Å²) in [5.74, 6) is -1.37. The van der Waals surface area contributed by atoms with Crippen LogP contribution in [-0.4, -0.2) is 10.9 Å². The summed E-state index contributed by atoms with van der Waals surface area (Å²) in [6.45, 7) is 3.46. The van der Waals surface area contributed by atoms with E-state index in [4.69, 9.17) is 0 Å². The van der Waals surface area contributed by atoms with Crippen LogP contribution in [0.1, 0.15) is 6.42 Å². The van der Waals surface area contributed by atoms with Gasteiger partial charge in [0.05, 0.1) is 23.3 Å². The molecule has 0 saturated carbocycles. The molecule has 0 bridgehead atoms. The molecular formula is C14H12F2N3O. The fraction of sp³-hybridized carbons (Fsp3) is 0.0714. The van der Waals surface area contributed by atoms with Crippen LogP contribution in [-0.2, 0) is 4.79 Å². The molecule has 103 valence electrons. The van der Waals surface area contributed by atoms with Gasteiger partial charge in [-0.25, -0.2) is 9.37 Å². The van der Waals surface area contributed by atoms with Crippen LogP contribution in [0.15, 0.2) is 36.5 Å². The van der Waals surface area contributed by atoms with Gasteiger partial charge in [-0.05, 0) is 37.3 Å². The van der Waals surface area contributed by atoms with E-state index in [9.17, 15) is 13.6 Å². The lowest BCUT2D eigenvalue weighted by molar-refractivity contribution is -0.115. The summed E-state index contributed by atoms with van der Waals surface area (Å²) in [7, 11) is 0. The van der Waals surface area contributed by atoms with Gasteiger partial charge >= 0.3 is 0 Å². The number of amides is 1. The van der Waals surface area contributed by atoms with Gasteiger partial charge in [0.2, 0.25) is 11.9 Å². The zero-order valence-corrected chi connectivity index (χ0v) is 10.5. The second-order valence-electron chi connectivity index (χ2n) is 3.98. The SMILES string of the molecule is [CH2]CC(=O)Nc1ccc(F)cc1Nc1ccc(F)nc1. The molecule has 2 aromatic rings. The first-order valence-electron chi connectivity index (χ1n) is 5.85. The molecule has 1 amide bonds. The molecule has 1 radical (unpaired) electrons. The molecule has 0 aliphatic rings. The number of aromatic nitrogens is 1. The molecule has 0 aliphatic heterocycles. The average Bonchev–Trinajstić information content (AvgIpc) is 2.44. The van der Waals surface area contributed by atoms with Crippen molar-refractivity contribution in [2.75, 3.05) is 10.6 Å². The van der Waals surface area contributed by atoms with E-state index in [0.717, 1.165) is 0 Å². The van der Waals surface area contributed by atoms with Crippen molar-refractivity contribution in [2.24, 2.45) is 0 Å². The lowest BCUT2D eigenvalue weighted by Gasteiger charge is -2.12. The Labute approximate surface area is 114 Å². The molecule has 2 rings (SSSR count). The molecule has 0 spiro atoms. The van der Waals surface area contributed by atoms with Gasteiger partial charge in [0.25, 0.3) is 0 Å². The van der Waals surface area contributed by atoms with Gasteiger partial charge in [0.15, 0.2) is 0 Å². The van der Waals surface area contributed by atoms with Crippen molar-refractivity contribution in [1.29, 1.82) is 0 Å². The maximum atomic E-state index is 13.3. The predicted molar refractivity (Wildman–Crippen MR) is 72.5 cm³/mol. The van der Waals surface area contributed by atoms with Crippen LogP contribution in [0, 0.1) is 18.7 Å². The Kier molecular flexibility index (Phi) is 4.24. The Bertz CT molecular complexity index is 614. The van der Waals surface area contributed by atoms with E-state index in [1.165, 1.54) is 36.5 Å². The molecule has 2 N–H and O–H groups in total. The highest BCUT2D eigenvalue weighted by molar-refractivity contribution is 5.95. The Morgan fingerprint density at radius 1 is 1.20 bits per heavy atom. The number of nitrogens with zero attached hydrogens (tertiary/aromatic N) is 1. The number of benzene rings is 1. The molecule has 1 aromatic carbocycles. The highest BCUT2D eigenvalue weighted by Gasteiger charge is 2.07. The van der Waals surface area contributed by atoms with Crippen LogP contribution < -0.4 is 10.6 Å². The standard InChI is InChI=1S/C14H12F2N3O/c1-2-14(20)19-11-5-3-9(15)7-12(11)18-10-4-6-13(16)17-8-10/h3-8,18H,1-2H2,(H,19,20). The van der Waals surface area contributed by atoms with Crippen molar-refractivity contribution in [3.05, 3.63) is 55.2 Å². The molecular weight excluding hydrogens is 264 g/mol. The lowest BCUT2D eigenvalue weighted by Crippen LogP contribution is -2.11. The summed E-state index contributed by atoms with van der Waals surface area (Å²) in [6, 6.07) is 6.52. The first-order chi connectivity index (χ1) is 9.58. The van der Waals surface area contributed by atoms with Gasteiger partial charge in [0, 0.05) is 6.42 Å². The van der Waals surface area contributed by atoms with Crippen molar-refractivity contribution < 1.29 is 13.6 Å². The maximum absolute atomic E-state index is 13.3. The predicted octanol–water partition coefficient (Wildman–Crippen LogP) is 3.27. The molecule has 6 heteroatoms. The molecule has 0 unspecified atom stereocenters. The summed E-state index contributed by atoms with van der Waals surface area (Å²) < 4.78 is 26.0. The van der Waals surface area contributed by atoms with Crippen LogP contribution in [0.5, 0.6) is 0 Å². The van der Waals surface area contributed by atoms with Gasteiger partial charge in [0.1, 0.15) is 5.82 Å². The first kappa shape index (κ1) is 13.9. The van der Waals surface area contributed by atoms with Gasteiger partial charge < -0.3 is 10.6 Å². The molecule has 0 atom stereocenters. The number of carbonyl (C=O) groups excluding carboxylic acids is 1. The van der Waals surface area contributed by atoms with E-state index >= 15 is 0 Å². The number of halogens is 2. The third-order valence-corrected chi connectivity index (χ3v) is 2.49. The van der Waals surface area contributed by atoms with Crippen molar-refractivity contribution in [1.82, 2.24) is 4.98 Å². The normalized spacial score (nSPS) is 10.2. The van der Waals surface area contributed by atoms with Gasteiger partial charge in [-0.2, -0.15) is 4.39 Å². The fourth-order valence-electron chi connectivity index (χ4n) is 1.55. The summed E-state index contributed by atoms with van der Waals surface area (Å²) >= 11 is 0. The monoisotopic (exact) mass is 276 g/mol. The summed E-state index contributed by atoms with van der Waals surface area (Å²) in [6.07, 6.45) is 1.34. The van der Waals surface area contributed by atoms with Gasteiger partial charge in [-0.1, -0.05) is 0 Å². The van der Waals surface area contributed by atoms with Crippen LogP contribution in [0.25, 0.3) is 0 Å². The molecule has 20 heavy (non-hydrogen) atoms. The summed E-state index contributed by atoms with van der Waals surface area (Å²) in [5, 5.41) is 5.46. The minimum Gasteiger partial charge on any atom is -0.352 e. The number of anilines is 3. The molecule has 1 heterocycles. The minimum atomic E-state index is -0.611. The first-order valence-corrected chi connectivity index (χ1v) is 5.85. The van der Waals surface area contributed by atoms with Crippen LogP contribution in [0.3, 0.4) is 0 Å². The Morgan fingerprint density at radius 3 is 2.65 bits per heavy atom. The van der Waals surface area contributed by atoms with Crippen molar-refractivity contribution >= 4 is 23.0 Å². The summed E-state index contributed by atoms with van der Waals surface area (Å²) in [4.78, 5) is 14.8. The smallest absolute Gasteiger partial charge is 0.224 e. The Balaban J connectivity index is 2.26. The zero-order valence-electron chi connectivity index (χ0n) is 10.5. The topological polar surface area (TPSA) is 54.0 Å². The maximum Gasteiger partial charge on any atom is 0.224 e. The van der Waals surface area contributed by atoms with Crippen molar-refractivity contribution in [3.8, 4) is 0 Å². The number of rotatable bonds is 4. The number of carbonyl (C=O) groups is 1. The number of pyridine rings is 1. The fourth-order valence-corrected chi connectivity index (χ4v) is 1.55. The highest BCUT2D eigenvalue weighted by atomic mass is 19.1. The second-order valence-corrected chi connectivity index (χ2v) is 3.98. The van der Waals surface area contributed by atoms with E-state index < -0.39 is 11.8 Å². The van der Waals surface area contributed by atoms with Gasteiger partial charge in [-0.15, -0.1) is 0 Å². The molecule has 0 aliphatic carbocycles. The van der Waals surface area contributed by atoms with Crippen LogP contribution in [0.4, 0.5) is 25.8 Å². The molecule has 0 saturated heterocycles. The third-order valence-electron chi connectivity index (χ3n) is 2.49. The van der Waals surface area contributed by atoms with Crippen molar-refractivity contribution in [2.45, 2.75) is 6.42 Å². The average molecular weight is 276 g/mol. The minimum absolute atomic E-state index is 0.0644. The van der Waals surface area contributed by atoms with E-state index in [-0.39, 0.29) is 12.3 Å². The third kappa shape index (κ3) is 3.50. The van der Waals surface area contributed by atoms with Crippen LogP contribution in [0.2, 0.25) is 0 Å². The van der Waals surface area contributed by atoms with E-state index in [2.05, 4.69) is 22.5 Å². The molecule has 0 fully saturated rings. The Morgan fingerprint density at radius 2 is 2.00 bits per heavy atom. The second kappa shape index (κ2) is 6.10. The highest BCUT2D eigenvalue weighted by Crippen LogP contribution is 2.26. The van der Waals surface area contributed by atoms with E-state index in [1.54, 1.807) is 0 Å². The van der Waals surface area contributed by atoms with Gasteiger partial charge in [-0.3, -0.25) is 4.79 Å². The number of hydrogen-bond donors (Lipinski definition) is 2. The van der Waals surface area contributed by atoms with Crippen molar-refractivity contribution in [3.63, 3.8) is 0 Å². The quantitative estimate of drug-likeness (QED) is 0.843. The number of nitrogens with one attached hydrogen (secondary N) is 2. The lowest BCUT2D eigenvalue weighted by atomic mass is 10.2. The molecule has 4 nitrogen and oxygen atoms in total. The van der Waals surface area contributed by atoms with Crippen LogP contribution >= 0.6 is 0 Å². The number of hydrogen-bond acceptors (Lipinski definition) is 3. The Hall–Kier alpha value is -2.50. The molecule has 1 aromatic heterocycles. The van der Waals surface area contributed by atoms with E-state index in [0.29, 0.717) is 17.1 Å².